The van der Waals surface area contributed by atoms with Crippen LogP contribution in [0, 0.1) is 0 Å². The molecule has 0 fully saturated rings. The zero-order chi connectivity index (χ0) is 8.53. The van der Waals surface area contributed by atoms with Crippen LogP contribution in [0.1, 0.15) is 26.7 Å². The van der Waals surface area contributed by atoms with E-state index < -0.39 is 0 Å². The predicted octanol–water partition coefficient (Wildman–Crippen LogP) is 0.939. The highest BCUT2D eigenvalue weighted by Crippen LogP contribution is 1.82. The molecular formula is C8H17NO2. The Morgan fingerprint density at radius 2 is 2.18 bits per heavy atom. The second-order valence-corrected chi connectivity index (χ2v) is 2.34. The topological polar surface area (TPSA) is 38.3 Å². The molecule has 66 valence electrons. The van der Waals surface area contributed by atoms with Crippen molar-refractivity contribution in [3.8, 4) is 0 Å². The lowest BCUT2D eigenvalue weighted by atomic mass is 10.3. The van der Waals surface area contributed by atoms with Crippen molar-refractivity contribution in [2.75, 3.05) is 19.7 Å². The Balaban J connectivity index is 3.04. The van der Waals surface area contributed by atoms with Crippen molar-refractivity contribution in [1.29, 1.82) is 0 Å². The molecule has 11 heavy (non-hydrogen) atoms. The highest BCUT2D eigenvalue weighted by atomic mass is 16.5. The number of carbonyl (C=O) groups is 1. The minimum absolute atomic E-state index is 0.163. The van der Waals surface area contributed by atoms with Gasteiger partial charge in [0.2, 0.25) is 0 Å². The molecule has 3 nitrogen and oxygen atoms in total. The molecule has 0 saturated heterocycles. The quantitative estimate of drug-likeness (QED) is 0.463. The molecule has 0 aromatic carbocycles. The van der Waals surface area contributed by atoms with Gasteiger partial charge in [-0.2, -0.15) is 0 Å². The van der Waals surface area contributed by atoms with Gasteiger partial charge in [-0.25, -0.2) is 0 Å². The van der Waals surface area contributed by atoms with E-state index in [9.17, 15) is 4.79 Å². The second-order valence-electron chi connectivity index (χ2n) is 2.34. The third kappa shape index (κ3) is 7.33. The molecule has 0 atom stereocenters. The summed E-state index contributed by atoms with van der Waals surface area (Å²) in [6.07, 6.45) is 2.26. The van der Waals surface area contributed by atoms with Gasteiger partial charge in [-0.3, -0.25) is 4.79 Å². The van der Waals surface area contributed by atoms with Crippen LogP contribution in [-0.2, 0) is 9.53 Å². The van der Waals surface area contributed by atoms with E-state index in [4.69, 9.17) is 4.74 Å². The number of unbranched alkanes of at least 4 members (excludes halogenated alkanes) is 1. The maximum atomic E-state index is 10.7. The Hall–Kier alpha value is -0.570. The Morgan fingerprint density at radius 3 is 2.73 bits per heavy atom. The van der Waals surface area contributed by atoms with Gasteiger partial charge in [0.05, 0.1) is 13.2 Å². The molecule has 0 aliphatic carbocycles. The van der Waals surface area contributed by atoms with E-state index in [2.05, 4.69) is 12.2 Å². The first-order valence-corrected chi connectivity index (χ1v) is 4.17. The van der Waals surface area contributed by atoms with Gasteiger partial charge in [-0.1, -0.05) is 13.3 Å². The lowest BCUT2D eigenvalue weighted by molar-refractivity contribution is -0.141. The Morgan fingerprint density at radius 1 is 1.45 bits per heavy atom. The second kappa shape index (κ2) is 7.54. The fourth-order valence-corrected chi connectivity index (χ4v) is 0.704. The van der Waals surface area contributed by atoms with Crippen molar-refractivity contribution in [2.45, 2.75) is 26.7 Å². The Bertz CT molecular complexity index is 104. The third-order valence-corrected chi connectivity index (χ3v) is 1.28. The molecule has 3 heteroatoms. The molecule has 0 amide bonds. The first kappa shape index (κ1) is 10.4. The number of carbonyl (C=O) groups excluding carboxylic acids is 1. The molecule has 0 aliphatic heterocycles. The first-order valence-electron chi connectivity index (χ1n) is 4.17. The molecule has 0 saturated carbocycles. The van der Waals surface area contributed by atoms with E-state index in [1.165, 1.54) is 0 Å². The van der Waals surface area contributed by atoms with Gasteiger partial charge >= 0.3 is 5.97 Å². The highest BCUT2D eigenvalue weighted by Gasteiger charge is 1.97. The maximum absolute atomic E-state index is 10.7. The van der Waals surface area contributed by atoms with Crippen molar-refractivity contribution in [1.82, 2.24) is 5.32 Å². The molecule has 0 aliphatic rings. The van der Waals surface area contributed by atoms with Crippen LogP contribution in [0.15, 0.2) is 0 Å². The average molecular weight is 159 g/mol. The van der Waals surface area contributed by atoms with Gasteiger partial charge in [0.25, 0.3) is 0 Å². The smallest absolute Gasteiger partial charge is 0.319 e. The van der Waals surface area contributed by atoms with Crippen LogP contribution in [0.4, 0.5) is 0 Å². The van der Waals surface area contributed by atoms with Gasteiger partial charge in [0, 0.05) is 0 Å². The predicted molar refractivity (Wildman–Crippen MR) is 44.4 cm³/mol. The van der Waals surface area contributed by atoms with Crippen LogP contribution < -0.4 is 5.32 Å². The minimum atomic E-state index is -0.163. The Labute approximate surface area is 68.1 Å². The summed E-state index contributed by atoms with van der Waals surface area (Å²) in [6, 6.07) is 0. The number of ether oxygens (including phenoxy) is 1. The van der Waals surface area contributed by atoms with Gasteiger partial charge in [0.15, 0.2) is 0 Å². The zero-order valence-electron chi connectivity index (χ0n) is 7.35. The number of hydrogen-bond donors (Lipinski definition) is 1. The summed E-state index contributed by atoms with van der Waals surface area (Å²) in [7, 11) is 0. The summed E-state index contributed by atoms with van der Waals surface area (Å²) in [5.74, 6) is -0.163. The van der Waals surface area contributed by atoms with Crippen molar-refractivity contribution >= 4 is 5.97 Å². The van der Waals surface area contributed by atoms with Crippen LogP contribution in [0.25, 0.3) is 0 Å². The summed E-state index contributed by atoms with van der Waals surface area (Å²) in [5.41, 5.74) is 0. The molecule has 0 bridgehead atoms. The maximum Gasteiger partial charge on any atom is 0.319 e. The lowest BCUT2D eigenvalue weighted by Gasteiger charge is -2.02. The van der Waals surface area contributed by atoms with Gasteiger partial charge in [0.1, 0.15) is 0 Å². The van der Waals surface area contributed by atoms with E-state index in [1.54, 1.807) is 0 Å². The molecule has 0 aromatic heterocycles. The van der Waals surface area contributed by atoms with Crippen LogP contribution >= 0.6 is 0 Å². The SMILES string of the molecule is CCCCNCC(=O)OCC. The van der Waals surface area contributed by atoms with Gasteiger partial charge in [-0.05, 0) is 19.9 Å². The van der Waals surface area contributed by atoms with Gasteiger partial charge < -0.3 is 10.1 Å². The monoisotopic (exact) mass is 159 g/mol. The minimum Gasteiger partial charge on any atom is -0.465 e. The summed E-state index contributed by atoms with van der Waals surface area (Å²) in [4.78, 5) is 10.7. The van der Waals surface area contributed by atoms with E-state index >= 15 is 0 Å². The molecule has 0 rings (SSSR count). The molecular weight excluding hydrogens is 142 g/mol. The standard InChI is InChI=1S/C8H17NO2/c1-3-5-6-9-7-8(10)11-4-2/h9H,3-7H2,1-2H3. The zero-order valence-corrected chi connectivity index (χ0v) is 7.35. The van der Waals surface area contributed by atoms with Crippen LogP contribution in [0.2, 0.25) is 0 Å². The number of hydrogen-bond acceptors (Lipinski definition) is 3. The summed E-state index contributed by atoms with van der Waals surface area (Å²) in [5, 5.41) is 3.00. The first-order chi connectivity index (χ1) is 5.31. The summed E-state index contributed by atoms with van der Waals surface area (Å²) >= 11 is 0. The van der Waals surface area contributed by atoms with Crippen molar-refractivity contribution < 1.29 is 9.53 Å². The van der Waals surface area contributed by atoms with E-state index in [-0.39, 0.29) is 5.97 Å². The number of rotatable bonds is 6. The summed E-state index contributed by atoms with van der Waals surface area (Å²) < 4.78 is 4.72. The van der Waals surface area contributed by atoms with Crippen LogP contribution in [-0.4, -0.2) is 25.7 Å². The lowest BCUT2D eigenvalue weighted by Crippen LogP contribution is -2.25. The van der Waals surface area contributed by atoms with E-state index in [0.717, 1.165) is 19.4 Å². The molecule has 0 heterocycles. The molecule has 0 radical (unpaired) electrons. The van der Waals surface area contributed by atoms with Gasteiger partial charge in [-0.15, -0.1) is 0 Å². The van der Waals surface area contributed by atoms with Crippen molar-refractivity contribution in [3.63, 3.8) is 0 Å². The van der Waals surface area contributed by atoms with Crippen LogP contribution in [0.5, 0.6) is 0 Å². The van der Waals surface area contributed by atoms with Crippen LogP contribution in [0.3, 0.4) is 0 Å². The highest BCUT2D eigenvalue weighted by molar-refractivity contribution is 5.71. The number of nitrogens with one attached hydrogen (secondary N) is 1. The Kier molecular flexibility index (Phi) is 7.15. The fourth-order valence-electron chi connectivity index (χ4n) is 0.704. The van der Waals surface area contributed by atoms with Crippen molar-refractivity contribution in [3.05, 3.63) is 0 Å². The molecule has 0 spiro atoms. The molecule has 0 aromatic rings. The number of esters is 1. The normalized spacial score (nSPS) is 9.64. The molecule has 0 unspecified atom stereocenters. The average Bonchev–Trinajstić information content (AvgIpc) is 1.99. The summed E-state index contributed by atoms with van der Waals surface area (Å²) in [6.45, 7) is 5.63. The third-order valence-electron chi connectivity index (χ3n) is 1.28. The largest absolute Gasteiger partial charge is 0.465 e. The van der Waals surface area contributed by atoms with E-state index in [1.807, 2.05) is 6.92 Å². The fraction of sp³-hybridized carbons (Fsp3) is 0.875. The molecule has 1 N–H and O–H groups in total. The van der Waals surface area contributed by atoms with Crippen molar-refractivity contribution in [2.24, 2.45) is 0 Å². The van der Waals surface area contributed by atoms with E-state index in [0.29, 0.717) is 13.2 Å².